The Morgan fingerprint density at radius 1 is 1.41 bits per heavy atom. The number of nitrogens with one attached hydrogen (secondary N) is 1. The summed E-state index contributed by atoms with van der Waals surface area (Å²) in [6.45, 7) is 5.09. The van der Waals surface area contributed by atoms with Gasteiger partial charge >= 0.3 is 0 Å². The predicted molar refractivity (Wildman–Crippen MR) is 69.7 cm³/mol. The van der Waals surface area contributed by atoms with Crippen LogP contribution in [0.15, 0.2) is 0 Å². The van der Waals surface area contributed by atoms with Gasteiger partial charge in [0.1, 0.15) is 0 Å². The first-order valence-electron chi connectivity index (χ1n) is 6.61. The minimum Gasteiger partial charge on any atom is -0.389 e. The zero-order valence-corrected chi connectivity index (χ0v) is 11.0. The maximum atomic E-state index is 9.72. The van der Waals surface area contributed by atoms with Crippen LogP contribution in [-0.4, -0.2) is 36.5 Å². The van der Waals surface area contributed by atoms with Gasteiger partial charge in [0.25, 0.3) is 0 Å². The van der Waals surface area contributed by atoms with Crippen LogP contribution in [0.1, 0.15) is 39.5 Å². The van der Waals surface area contributed by atoms with Gasteiger partial charge in [-0.3, -0.25) is 0 Å². The standard InChI is InChI=1S/C14H25NO2/c1-4-12(3)15-9-13(16)10-17-14-7-5-11(2)6-8-14/h1,11-16H,5-10H2,2-3H3. The van der Waals surface area contributed by atoms with Crippen molar-refractivity contribution in [2.24, 2.45) is 5.92 Å². The number of hydrogen-bond donors (Lipinski definition) is 2. The molecule has 0 heterocycles. The minimum absolute atomic E-state index is 0.000167. The molecule has 0 bridgehead atoms. The van der Waals surface area contributed by atoms with Crippen molar-refractivity contribution in [1.29, 1.82) is 0 Å². The SMILES string of the molecule is C#CC(C)NCC(O)COC1CCC(C)CC1. The van der Waals surface area contributed by atoms with Gasteiger partial charge in [-0.2, -0.15) is 0 Å². The summed E-state index contributed by atoms with van der Waals surface area (Å²) in [6, 6.07) is 0.000167. The summed E-state index contributed by atoms with van der Waals surface area (Å²) in [6.07, 6.45) is 9.85. The summed E-state index contributed by atoms with van der Waals surface area (Å²) in [4.78, 5) is 0. The zero-order valence-electron chi connectivity index (χ0n) is 11.0. The Hall–Kier alpha value is -0.560. The van der Waals surface area contributed by atoms with Gasteiger partial charge in [-0.25, -0.2) is 0 Å². The Bertz CT molecular complexity index is 241. The lowest BCUT2D eigenvalue weighted by Crippen LogP contribution is -2.36. The molecule has 0 saturated heterocycles. The van der Waals surface area contributed by atoms with Gasteiger partial charge in [-0.05, 0) is 38.5 Å². The summed E-state index contributed by atoms with van der Waals surface area (Å²) in [5.41, 5.74) is 0. The third kappa shape index (κ3) is 6.07. The van der Waals surface area contributed by atoms with Crippen molar-refractivity contribution in [2.75, 3.05) is 13.2 Å². The first-order valence-corrected chi connectivity index (χ1v) is 6.61. The van der Waals surface area contributed by atoms with E-state index in [9.17, 15) is 5.11 Å². The van der Waals surface area contributed by atoms with E-state index in [4.69, 9.17) is 11.2 Å². The molecule has 1 aliphatic carbocycles. The lowest BCUT2D eigenvalue weighted by Gasteiger charge is -2.27. The molecule has 2 N–H and O–H groups in total. The first-order chi connectivity index (χ1) is 8.11. The van der Waals surface area contributed by atoms with Crippen molar-refractivity contribution in [1.82, 2.24) is 5.32 Å². The topological polar surface area (TPSA) is 41.5 Å². The molecule has 0 aromatic rings. The number of terminal acetylenes is 1. The lowest BCUT2D eigenvalue weighted by atomic mass is 9.89. The van der Waals surface area contributed by atoms with Gasteiger partial charge in [0.2, 0.25) is 0 Å². The fourth-order valence-electron chi connectivity index (χ4n) is 2.07. The molecule has 1 saturated carbocycles. The Morgan fingerprint density at radius 3 is 2.65 bits per heavy atom. The fourth-order valence-corrected chi connectivity index (χ4v) is 2.07. The van der Waals surface area contributed by atoms with E-state index in [1.165, 1.54) is 12.8 Å². The van der Waals surface area contributed by atoms with E-state index < -0.39 is 6.10 Å². The molecule has 0 radical (unpaired) electrons. The van der Waals surface area contributed by atoms with E-state index in [-0.39, 0.29) is 6.04 Å². The van der Waals surface area contributed by atoms with E-state index >= 15 is 0 Å². The Kier molecular flexibility index (Phi) is 6.57. The zero-order chi connectivity index (χ0) is 12.7. The quantitative estimate of drug-likeness (QED) is 0.691. The van der Waals surface area contributed by atoms with Crippen molar-refractivity contribution in [2.45, 2.75) is 57.8 Å². The van der Waals surface area contributed by atoms with Crippen LogP contribution >= 0.6 is 0 Å². The number of aliphatic hydroxyl groups excluding tert-OH is 1. The van der Waals surface area contributed by atoms with Crippen LogP contribution in [0, 0.1) is 18.3 Å². The molecular weight excluding hydrogens is 214 g/mol. The van der Waals surface area contributed by atoms with Gasteiger partial charge in [0.15, 0.2) is 0 Å². The molecule has 0 aromatic heterocycles. The molecule has 0 aliphatic heterocycles. The Labute approximate surface area is 105 Å². The maximum Gasteiger partial charge on any atom is 0.0898 e. The van der Waals surface area contributed by atoms with E-state index in [1.54, 1.807) is 0 Å². The second-order valence-electron chi connectivity index (χ2n) is 5.17. The van der Waals surface area contributed by atoms with E-state index in [2.05, 4.69) is 18.2 Å². The molecule has 1 aliphatic rings. The predicted octanol–water partition coefficient (Wildman–Crippen LogP) is 1.55. The van der Waals surface area contributed by atoms with Crippen LogP contribution in [0.2, 0.25) is 0 Å². The summed E-state index contributed by atoms with van der Waals surface area (Å²) in [5.74, 6) is 3.40. The highest BCUT2D eigenvalue weighted by Gasteiger charge is 2.19. The van der Waals surface area contributed by atoms with E-state index in [1.807, 2.05) is 6.92 Å². The van der Waals surface area contributed by atoms with Crippen LogP contribution in [-0.2, 0) is 4.74 Å². The fraction of sp³-hybridized carbons (Fsp3) is 0.857. The normalized spacial score (nSPS) is 28.4. The first kappa shape index (κ1) is 14.5. The second-order valence-corrected chi connectivity index (χ2v) is 5.17. The molecule has 0 amide bonds. The molecule has 98 valence electrons. The third-order valence-electron chi connectivity index (χ3n) is 3.40. The van der Waals surface area contributed by atoms with Crippen molar-refractivity contribution < 1.29 is 9.84 Å². The van der Waals surface area contributed by atoms with Crippen molar-refractivity contribution in [3.05, 3.63) is 0 Å². The number of rotatable bonds is 6. The monoisotopic (exact) mass is 239 g/mol. The maximum absolute atomic E-state index is 9.72. The van der Waals surface area contributed by atoms with Crippen LogP contribution in [0.25, 0.3) is 0 Å². The third-order valence-corrected chi connectivity index (χ3v) is 3.40. The number of ether oxygens (including phenoxy) is 1. The molecule has 1 rings (SSSR count). The van der Waals surface area contributed by atoms with E-state index in [0.29, 0.717) is 19.3 Å². The summed E-state index contributed by atoms with van der Waals surface area (Å²) in [5, 5.41) is 12.8. The van der Waals surface area contributed by atoms with Crippen LogP contribution in [0.3, 0.4) is 0 Å². The van der Waals surface area contributed by atoms with Gasteiger partial charge in [-0.1, -0.05) is 12.8 Å². The number of hydrogen-bond acceptors (Lipinski definition) is 3. The van der Waals surface area contributed by atoms with Gasteiger partial charge in [-0.15, -0.1) is 6.42 Å². The van der Waals surface area contributed by atoms with E-state index in [0.717, 1.165) is 18.8 Å². The molecule has 17 heavy (non-hydrogen) atoms. The smallest absolute Gasteiger partial charge is 0.0898 e. The van der Waals surface area contributed by atoms with Crippen molar-refractivity contribution in [3.8, 4) is 12.3 Å². The minimum atomic E-state index is -0.467. The van der Waals surface area contributed by atoms with Gasteiger partial charge in [0.05, 0.1) is 24.9 Å². The highest BCUT2D eigenvalue weighted by molar-refractivity contribution is 4.95. The van der Waals surface area contributed by atoms with Crippen molar-refractivity contribution in [3.63, 3.8) is 0 Å². The molecule has 1 fully saturated rings. The lowest BCUT2D eigenvalue weighted by molar-refractivity contribution is -0.0279. The second kappa shape index (κ2) is 7.71. The summed E-state index contributed by atoms with van der Waals surface area (Å²) >= 11 is 0. The highest BCUT2D eigenvalue weighted by atomic mass is 16.5. The average molecular weight is 239 g/mol. The van der Waals surface area contributed by atoms with Crippen LogP contribution < -0.4 is 5.32 Å². The summed E-state index contributed by atoms with van der Waals surface area (Å²) < 4.78 is 5.72. The molecular formula is C14H25NO2. The van der Waals surface area contributed by atoms with Crippen LogP contribution in [0.4, 0.5) is 0 Å². The highest BCUT2D eigenvalue weighted by Crippen LogP contribution is 2.25. The average Bonchev–Trinajstić information content (AvgIpc) is 2.35. The molecule has 2 atom stereocenters. The summed E-state index contributed by atoms with van der Waals surface area (Å²) in [7, 11) is 0. The number of aliphatic hydroxyl groups is 1. The molecule has 3 heteroatoms. The van der Waals surface area contributed by atoms with Crippen molar-refractivity contribution >= 4 is 0 Å². The van der Waals surface area contributed by atoms with Gasteiger partial charge in [0, 0.05) is 6.54 Å². The molecule has 0 spiro atoms. The molecule has 0 aromatic carbocycles. The van der Waals surface area contributed by atoms with Gasteiger partial charge < -0.3 is 15.2 Å². The molecule has 3 nitrogen and oxygen atoms in total. The molecule has 2 unspecified atom stereocenters. The Morgan fingerprint density at radius 2 is 2.06 bits per heavy atom. The Balaban J connectivity index is 2.07. The largest absolute Gasteiger partial charge is 0.389 e. The van der Waals surface area contributed by atoms with Crippen LogP contribution in [0.5, 0.6) is 0 Å².